The molecule has 34 heavy (non-hydrogen) atoms. The number of hydrogen-bond donors (Lipinski definition) is 0. The molecule has 0 spiro atoms. The Labute approximate surface area is 202 Å². The highest BCUT2D eigenvalue weighted by molar-refractivity contribution is 6.35. The lowest BCUT2D eigenvalue weighted by Crippen LogP contribution is -2.32. The summed E-state index contributed by atoms with van der Waals surface area (Å²) in [6, 6.07) is 17.9. The van der Waals surface area contributed by atoms with Crippen molar-refractivity contribution in [1.82, 2.24) is 0 Å². The minimum absolute atomic E-state index is 0.251. The van der Waals surface area contributed by atoms with E-state index in [0.717, 1.165) is 5.56 Å². The Bertz CT molecular complexity index is 1300. The highest BCUT2D eigenvalue weighted by atomic mass is 35.5. The molecule has 4 rings (SSSR count). The average Bonchev–Trinajstić information content (AvgIpc) is 3.19. The first kappa shape index (κ1) is 23.2. The number of amidine groups is 1. The van der Waals surface area contributed by atoms with Crippen LogP contribution in [0.2, 0.25) is 5.02 Å². The molecule has 3 aromatic rings. The van der Waals surface area contributed by atoms with Gasteiger partial charge in [-0.3, -0.25) is 9.69 Å². The van der Waals surface area contributed by atoms with Gasteiger partial charge < -0.3 is 18.9 Å². The topological polar surface area (TPSA) is 69.6 Å². The second-order valence-electron chi connectivity index (χ2n) is 7.24. The molecule has 8 heteroatoms. The molecule has 0 saturated heterocycles. The van der Waals surface area contributed by atoms with E-state index in [1.165, 1.54) is 12.0 Å². The number of para-hydroxylation sites is 1. The maximum Gasteiger partial charge on any atom is 0.282 e. The van der Waals surface area contributed by atoms with E-state index < -0.39 is 0 Å². The van der Waals surface area contributed by atoms with E-state index in [9.17, 15) is 4.79 Å². The van der Waals surface area contributed by atoms with E-state index >= 15 is 0 Å². The van der Waals surface area contributed by atoms with Crippen molar-refractivity contribution in [3.05, 3.63) is 82.5 Å². The molecule has 1 aliphatic rings. The molecular weight excluding hydrogens is 456 g/mol. The number of nitrogens with zero attached hydrogens (tertiary/aromatic N) is 2. The third kappa shape index (κ3) is 4.30. The van der Waals surface area contributed by atoms with Crippen LogP contribution in [-0.4, -0.2) is 40.2 Å². The number of aliphatic imine (C=N–C) groups is 1. The van der Waals surface area contributed by atoms with Crippen LogP contribution < -0.4 is 23.8 Å². The van der Waals surface area contributed by atoms with E-state index in [0.29, 0.717) is 45.1 Å². The quantitative estimate of drug-likeness (QED) is 0.436. The normalized spacial score (nSPS) is 14.3. The first-order valence-electron chi connectivity index (χ1n) is 10.3. The number of amides is 1. The molecule has 0 N–H and O–H groups in total. The highest BCUT2D eigenvalue weighted by Gasteiger charge is 2.33. The van der Waals surface area contributed by atoms with Gasteiger partial charge in [-0.1, -0.05) is 29.8 Å². The second-order valence-corrected chi connectivity index (χ2v) is 7.64. The Balaban J connectivity index is 1.87. The van der Waals surface area contributed by atoms with E-state index in [2.05, 4.69) is 0 Å². The fraction of sp³-hybridized carbons (Fsp3) is 0.154. The minimum atomic E-state index is -0.308. The van der Waals surface area contributed by atoms with Gasteiger partial charge >= 0.3 is 0 Å². The maximum atomic E-state index is 13.6. The van der Waals surface area contributed by atoms with Gasteiger partial charge in [-0.2, -0.15) is 0 Å². The number of methoxy groups -OCH3 is 4. The van der Waals surface area contributed by atoms with E-state index in [-0.39, 0.29) is 11.6 Å². The van der Waals surface area contributed by atoms with Gasteiger partial charge in [0, 0.05) is 11.1 Å². The molecule has 0 unspecified atom stereocenters. The van der Waals surface area contributed by atoms with E-state index in [1.54, 1.807) is 57.7 Å². The number of anilines is 1. The molecule has 0 fully saturated rings. The summed E-state index contributed by atoms with van der Waals surface area (Å²) in [6.07, 6.45) is 1.70. The zero-order chi connectivity index (χ0) is 24.2. The molecule has 0 radical (unpaired) electrons. The predicted octanol–water partition coefficient (Wildman–Crippen LogP) is 5.21. The Kier molecular flexibility index (Phi) is 6.75. The summed E-state index contributed by atoms with van der Waals surface area (Å²) in [5, 5.41) is 0.376. The van der Waals surface area contributed by atoms with Crippen molar-refractivity contribution in [3.8, 4) is 23.0 Å². The van der Waals surface area contributed by atoms with Crippen LogP contribution in [0.15, 0.2) is 71.4 Å². The summed E-state index contributed by atoms with van der Waals surface area (Å²) in [4.78, 5) is 19.8. The molecule has 0 saturated carbocycles. The largest absolute Gasteiger partial charge is 0.496 e. The molecular formula is C26H23ClN2O5. The number of rotatable bonds is 7. The van der Waals surface area contributed by atoms with Gasteiger partial charge in [0.05, 0.1) is 39.1 Å². The molecule has 1 aliphatic heterocycles. The summed E-state index contributed by atoms with van der Waals surface area (Å²) in [7, 11) is 6.23. The maximum absolute atomic E-state index is 13.6. The van der Waals surface area contributed by atoms with Crippen molar-refractivity contribution < 1.29 is 23.7 Å². The van der Waals surface area contributed by atoms with Crippen LogP contribution in [0, 0.1) is 0 Å². The van der Waals surface area contributed by atoms with Crippen molar-refractivity contribution in [1.29, 1.82) is 0 Å². The van der Waals surface area contributed by atoms with Crippen LogP contribution in [-0.2, 0) is 4.79 Å². The van der Waals surface area contributed by atoms with Crippen molar-refractivity contribution >= 4 is 35.1 Å². The zero-order valence-corrected chi connectivity index (χ0v) is 19.9. The van der Waals surface area contributed by atoms with Crippen LogP contribution in [0.25, 0.3) is 6.08 Å². The van der Waals surface area contributed by atoms with E-state index in [4.69, 9.17) is 35.5 Å². The molecule has 0 aliphatic carbocycles. The van der Waals surface area contributed by atoms with Crippen molar-refractivity contribution in [2.24, 2.45) is 4.99 Å². The average molecular weight is 479 g/mol. The number of hydrogen-bond acceptors (Lipinski definition) is 6. The van der Waals surface area contributed by atoms with Gasteiger partial charge in [-0.25, -0.2) is 4.99 Å². The van der Waals surface area contributed by atoms with Crippen LogP contribution in [0.4, 0.5) is 5.69 Å². The highest BCUT2D eigenvalue weighted by Crippen LogP contribution is 2.36. The molecule has 0 atom stereocenters. The lowest BCUT2D eigenvalue weighted by Gasteiger charge is -2.20. The van der Waals surface area contributed by atoms with E-state index in [1.807, 2.05) is 30.3 Å². The van der Waals surface area contributed by atoms with Gasteiger partial charge in [0.1, 0.15) is 23.0 Å². The lowest BCUT2D eigenvalue weighted by atomic mass is 10.1. The van der Waals surface area contributed by atoms with Gasteiger partial charge in [0.2, 0.25) is 0 Å². The number of carbonyl (C=O) groups is 1. The summed E-state index contributed by atoms with van der Waals surface area (Å²) in [5.41, 5.74) is 2.20. The summed E-state index contributed by atoms with van der Waals surface area (Å²) >= 11 is 6.37. The van der Waals surface area contributed by atoms with Crippen molar-refractivity contribution in [2.75, 3.05) is 33.3 Å². The smallest absolute Gasteiger partial charge is 0.282 e. The first-order chi connectivity index (χ1) is 16.5. The van der Waals surface area contributed by atoms with Crippen LogP contribution in [0.5, 0.6) is 23.0 Å². The summed E-state index contributed by atoms with van der Waals surface area (Å²) in [5.74, 6) is 2.35. The van der Waals surface area contributed by atoms with Crippen molar-refractivity contribution in [2.45, 2.75) is 0 Å². The molecule has 174 valence electrons. The van der Waals surface area contributed by atoms with Crippen LogP contribution in [0.3, 0.4) is 0 Å². The van der Waals surface area contributed by atoms with Crippen molar-refractivity contribution in [3.63, 3.8) is 0 Å². The Morgan fingerprint density at radius 3 is 2.15 bits per heavy atom. The van der Waals surface area contributed by atoms with Gasteiger partial charge in [0.25, 0.3) is 5.91 Å². The van der Waals surface area contributed by atoms with Gasteiger partial charge in [-0.15, -0.1) is 0 Å². The third-order valence-corrected chi connectivity index (χ3v) is 5.62. The SMILES string of the molecule is COc1ccc(N2C(=O)C(=Cc3ccccc3OC)N=C2c2ccc(OC)c(OC)c2)cc1Cl. The molecule has 0 aromatic heterocycles. The predicted molar refractivity (Wildman–Crippen MR) is 133 cm³/mol. The Morgan fingerprint density at radius 2 is 1.47 bits per heavy atom. The monoisotopic (exact) mass is 478 g/mol. The lowest BCUT2D eigenvalue weighted by molar-refractivity contribution is -0.113. The standard InChI is InChI=1S/C26H23ClN2O5/c1-31-21-8-6-5-7-16(21)13-20-26(30)29(18-10-12-22(32-2)19(27)15-18)25(28-20)17-9-11-23(33-3)24(14-17)34-4/h5-15H,1-4H3. The summed E-state index contributed by atoms with van der Waals surface area (Å²) in [6.45, 7) is 0. The van der Waals surface area contributed by atoms with Gasteiger partial charge in [-0.05, 0) is 48.5 Å². The molecule has 7 nitrogen and oxygen atoms in total. The zero-order valence-electron chi connectivity index (χ0n) is 19.2. The molecule has 1 amide bonds. The fourth-order valence-corrected chi connectivity index (χ4v) is 3.90. The van der Waals surface area contributed by atoms with Crippen LogP contribution in [0.1, 0.15) is 11.1 Å². The Hall–Kier alpha value is -3.97. The van der Waals surface area contributed by atoms with Gasteiger partial charge in [0.15, 0.2) is 11.5 Å². The van der Waals surface area contributed by atoms with Crippen LogP contribution >= 0.6 is 11.6 Å². The number of benzene rings is 3. The molecule has 0 bridgehead atoms. The second kappa shape index (κ2) is 9.89. The fourth-order valence-electron chi connectivity index (χ4n) is 3.65. The third-order valence-electron chi connectivity index (χ3n) is 5.33. The minimum Gasteiger partial charge on any atom is -0.496 e. The molecule has 1 heterocycles. The number of halogens is 1. The summed E-state index contributed by atoms with van der Waals surface area (Å²) < 4.78 is 21.5. The number of ether oxygens (including phenoxy) is 4. The Morgan fingerprint density at radius 1 is 0.794 bits per heavy atom. The molecule has 3 aromatic carbocycles. The number of carbonyl (C=O) groups excluding carboxylic acids is 1. The first-order valence-corrected chi connectivity index (χ1v) is 10.7.